The first-order chi connectivity index (χ1) is 16.0. The number of para-hydroxylation sites is 1. The summed E-state index contributed by atoms with van der Waals surface area (Å²) in [6, 6.07) is 7.68. The average molecular weight is 454 g/mol. The van der Waals surface area contributed by atoms with Gasteiger partial charge in [0.1, 0.15) is 11.6 Å². The van der Waals surface area contributed by atoms with E-state index < -0.39 is 0 Å². The highest BCUT2D eigenvalue weighted by atomic mass is 16.5. The second-order valence-electron chi connectivity index (χ2n) is 9.15. The van der Waals surface area contributed by atoms with Gasteiger partial charge in [-0.25, -0.2) is 4.98 Å². The number of aryl methyl sites for hydroxylation is 1. The molecule has 3 N–H and O–H groups in total. The van der Waals surface area contributed by atoms with Gasteiger partial charge in [-0.15, -0.1) is 0 Å². The smallest absolute Gasteiger partial charge is 0.263 e. The second kappa shape index (κ2) is 10.9. The zero-order chi connectivity index (χ0) is 23.2. The van der Waals surface area contributed by atoms with Gasteiger partial charge < -0.3 is 20.5 Å². The quantitative estimate of drug-likeness (QED) is 0.592. The zero-order valence-corrected chi connectivity index (χ0v) is 19.6. The summed E-state index contributed by atoms with van der Waals surface area (Å²) in [5, 5.41) is 16.6. The fourth-order valence-electron chi connectivity index (χ4n) is 4.81. The zero-order valence-electron chi connectivity index (χ0n) is 19.6. The van der Waals surface area contributed by atoms with E-state index in [0.29, 0.717) is 35.5 Å². The van der Waals surface area contributed by atoms with Crippen molar-refractivity contribution in [3.8, 4) is 5.75 Å². The molecule has 33 heavy (non-hydrogen) atoms. The molecule has 0 bridgehead atoms. The number of carbonyl (C=O) groups is 1. The minimum absolute atomic E-state index is 0.112. The molecule has 1 saturated carbocycles. The third-order valence-corrected chi connectivity index (χ3v) is 6.74. The minimum Gasteiger partial charge on any atom is -0.496 e. The van der Waals surface area contributed by atoms with E-state index in [1.54, 1.807) is 24.3 Å². The molecule has 1 aliphatic carbocycles. The van der Waals surface area contributed by atoms with Crippen LogP contribution in [0.15, 0.2) is 30.5 Å². The predicted molar refractivity (Wildman–Crippen MR) is 129 cm³/mol. The fraction of sp³-hybridized carbons (Fsp3) is 0.560. The molecule has 0 spiro atoms. The average Bonchev–Trinajstić information content (AvgIpc) is 2.84. The number of piperidine rings is 1. The number of benzene rings is 1. The molecule has 0 atom stereocenters. The van der Waals surface area contributed by atoms with Gasteiger partial charge in [0.2, 0.25) is 5.95 Å². The van der Waals surface area contributed by atoms with Gasteiger partial charge in [-0.2, -0.15) is 4.98 Å². The molecule has 0 radical (unpaired) electrons. The summed E-state index contributed by atoms with van der Waals surface area (Å²) in [5.41, 5.74) is 1.47. The monoisotopic (exact) mass is 453 g/mol. The Morgan fingerprint density at radius 1 is 1.18 bits per heavy atom. The van der Waals surface area contributed by atoms with Crippen LogP contribution >= 0.6 is 0 Å². The van der Waals surface area contributed by atoms with Crippen LogP contribution in [0.4, 0.5) is 11.8 Å². The number of hydrogen-bond donors (Lipinski definition) is 3. The number of amides is 1. The minimum atomic E-state index is -0.210. The molecule has 2 heterocycles. The number of ether oxygens (including phenoxy) is 1. The van der Waals surface area contributed by atoms with Gasteiger partial charge in [0, 0.05) is 18.8 Å². The molecule has 2 aliphatic rings. The highest BCUT2D eigenvalue weighted by molar-refractivity contribution is 6.07. The Morgan fingerprint density at radius 2 is 1.94 bits per heavy atom. The van der Waals surface area contributed by atoms with Gasteiger partial charge in [0.05, 0.1) is 18.8 Å². The number of aliphatic hydroxyl groups excluding tert-OH is 1. The fourth-order valence-corrected chi connectivity index (χ4v) is 4.81. The number of nitrogens with one attached hydrogen (secondary N) is 2. The molecule has 1 saturated heterocycles. The van der Waals surface area contributed by atoms with Gasteiger partial charge in [0.15, 0.2) is 0 Å². The first kappa shape index (κ1) is 23.4. The Bertz CT molecular complexity index is 939. The van der Waals surface area contributed by atoms with Crippen LogP contribution in [0.3, 0.4) is 0 Å². The molecule has 1 aromatic heterocycles. The Morgan fingerprint density at radius 3 is 2.67 bits per heavy atom. The number of aliphatic hydroxyl groups is 1. The molecule has 0 unspecified atom stereocenters. The van der Waals surface area contributed by atoms with E-state index >= 15 is 0 Å². The van der Waals surface area contributed by atoms with E-state index in [0.717, 1.165) is 57.2 Å². The molecule has 178 valence electrons. The predicted octanol–water partition coefficient (Wildman–Crippen LogP) is 3.16. The summed E-state index contributed by atoms with van der Waals surface area (Å²) in [7, 11) is 1.60. The Labute approximate surface area is 195 Å². The molecule has 1 amide bonds. The summed E-state index contributed by atoms with van der Waals surface area (Å²) in [5.74, 6) is 2.01. The van der Waals surface area contributed by atoms with Crippen molar-refractivity contribution in [2.24, 2.45) is 5.92 Å². The van der Waals surface area contributed by atoms with Crippen molar-refractivity contribution in [1.82, 2.24) is 15.3 Å². The Hall–Kier alpha value is -2.71. The first-order valence-corrected chi connectivity index (χ1v) is 12.0. The van der Waals surface area contributed by atoms with Crippen LogP contribution in [0.2, 0.25) is 0 Å². The standard InChI is InChI=1S/C25H35N5O3/c1-17-4-3-5-21(23(17)33-2)24(32)30(16-18-10-13-26-14-11-18)22-12-15-27-25(29-22)28-19-6-8-20(31)9-7-19/h3-5,12,15,18-20,26,31H,6-11,13-14,16H2,1-2H3,(H,27,28,29). The van der Waals surface area contributed by atoms with Crippen LogP contribution in [-0.2, 0) is 0 Å². The first-order valence-electron chi connectivity index (χ1n) is 12.0. The van der Waals surface area contributed by atoms with Gasteiger partial charge in [0.25, 0.3) is 5.91 Å². The van der Waals surface area contributed by atoms with Crippen LogP contribution in [0.25, 0.3) is 0 Å². The molecule has 4 rings (SSSR count). The van der Waals surface area contributed by atoms with Crippen LogP contribution in [-0.4, -0.2) is 59.9 Å². The molecule has 8 heteroatoms. The molecule has 8 nitrogen and oxygen atoms in total. The lowest BCUT2D eigenvalue weighted by molar-refractivity contribution is 0.0976. The van der Waals surface area contributed by atoms with E-state index in [2.05, 4.69) is 15.6 Å². The molecule has 1 aromatic carbocycles. The van der Waals surface area contributed by atoms with E-state index in [-0.39, 0.29) is 18.1 Å². The molecular weight excluding hydrogens is 418 g/mol. The van der Waals surface area contributed by atoms with Gasteiger partial charge in [-0.05, 0) is 82.2 Å². The van der Waals surface area contributed by atoms with E-state index in [4.69, 9.17) is 9.72 Å². The van der Waals surface area contributed by atoms with Crippen LogP contribution in [0, 0.1) is 12.8 Å². The largest absolute Gasteiger partial charge is 0.496 e. The number of methoxy groups -OCH3 is 1. The van der Waals surface area contributed by atoms with Crippen molar-refractivity contribution in [2.75, 3.05) is 37.0 Å². The third-order valence-electron chi connectivity index (χ3n) is 6.74. The maximum Gasteiger partial charge on any atom is 0.263 e. The number of hydrogen-bond acceptors (Lipinski definition) is 7. The lowest BCUT2D eigenvalue weighted by atomic mass is 9.93. The van der Waals surface area contributed by atoms with Crippen LogP contribution in [0.5, 0.6) is 5.75 Å². The van der Waals surface area contributed by atoms with Crippen molar-refractivity contribution in [3.63, 3.8) is 0 Å². The summed E-state index contributed by atoms with van der Waals surface area (Å²) in [4.78, 5) is 24.7. The molecule has 1 aliphatic heterocycles. The van der Waals surface area contributed by atoms with Gasteiger partial charge in [-0.1, -0.05) is 12.1 Å². The van der Waals surface area contributed by atoms with Crippen LogP contribution in [0.1, 0.15) is 54.4 Å². The molecular formula is C25H35N5O3. The lowest BCUT2D eigenvalue weighted by Crippen LogP contribution is -2.40. The van der Waals surface area contributed by atoms with E-state index in [1.807, 2.05) is 25.1 Å². The SMILES string of the molecule is COc1c(C)cccc1C(=O)N(CC1CCNCC1)c1ccnc(NC2CCC(O)CC2)n1. The maximum atomic E-state index is 13.8. The number of rotatable bonds is 7. The van der Waals surface area contributed by atoms with Gasteiger partial charge >= 0.3 is 0 Å². The summed E-state index contributed by atoms with van der Waals surface area (Å²) >= 11 is 0. The van der Waals surface area contributed by atoms with E-state index in [1.165, 1.54) is 0 Å². The highest BCUT2D eigenvalue weighted by Gasteiger charge is 2.27. The summed E-state index contributed by atoms with van der Waals surface area (Å²) < 4.78 is 5.58. The molecule has 2 aromatic rings. The number of anilines is 2. The van der Waals surface area contributed by atoms with Crippen molar-refractivity contribution in [3.05, 3.63) is 41.6 Å². The normalized spacial score (nSPS) is 21.4. The van der Waals surface area contributed by atoms with Crippen molar-refractivity contribution in [2.45, 2.75) is 57.6 Å². The summed E-state index contributed by atoms with van der Waals surface area (Å²) in [6.45, 7) is 4.47. The van der Waals surface area contributed by atoms with E-state index in [9.17, 15) is 9.90 Å². The Kier molecular flexibility index (Phi) is 7.77. The summed E-state index contributed by atoms with van der Waals surface area (Å²) in [6.07, 6.45) is 6.87. The molecule has 2 fully saturated rings. The lowest BCUT2D eigenvalue weighted by Gasteiger charge is -2.30. The topological polar surface area (TPSA) is 99.6 Å². The highest BCUT2D eigenvalue weighted by Crippen LogP contribution is 2.28. The maximum absolute atomic E-state index is 13.8. The number of nitrogens with zero attached hydrogens (tertiary/aromatic N) is 3. The number of carbonyl (C=O) groups excluding carboxylic acids is 1. The Balaban J connectivity index is 1.61. The van der Waals surface area contributed by atoms with Crippen molar-refractivity contribution < 1.29 is 14.6 Å². The third kappa shape index (κ3) is 5.81. The van der Waals surface area contributed by atoms with Gasteiger partial charge in [-0.3, -0.25) is 9.69 Å². The van der Waals surface area contributed by atoms with Crippen molar-refractivity contribution >= 4 is 17.7 Å². The van der Waals surface area contributed by atoms with Crippen LogP contribution < -0.4 is 20.3 Å². The van der Waals surface area contributed by atoms with Crippen molar-refractivity contribution in [1.29, 1.82) is 0 Å². The second-order valence-corrected chi connectivity index (χ2v) is 9.15. The number of aromatic nitrogens is 2.